The molecule has 0 saturated carbocycles. The van der Waals surface area contributed by atoms with E-state index in [1.54, 1.807) is 24.5 Å². The highest BCUT2D eigenvalue weighted by Gasteiger charge is 2.04. The molecule has 0 aliphatic carbocycles. The van der Waals surface area contributed by atoms with Crippen LogP contribution in [0.25, 0.3) is 0 Å². The van der Waals surface area contributed by atoms with E-state index in [4.69, 9.17) is 5.26 Å². The fourth-order valence-corrected chi connectivity index (χ4v) is 1.77. The summed E-state index contributed by atoms with van der Waals surface area (Å²) in [7, 11) is 0. The second kappa shape index (κ2) is 6.07. The van der Waals surface area contributed by atoms with Crippen LogP contribution in [0.3, 0.4) is 0 Å². The van der Waals surface area contributed by atoms with Gasteiger partial charge >= 0.3 is 0 Å². The van der Waals surface area contributed by atoms with E-state index in [9.17, 15) is 4.39 Å². The minimum Gasteiger partial charge on any atom is -0.308 e. The second-order valence-corrected chi connectivity index (χ2v) is 4.32. The van der Waals surface area contributed by atoms with Gasteiger partial charge in [0.25, 0.3) is 0 Å². The molecule has 1 heterocycles. The fourth-order valence-electron chi connectivity index (χ4n) is 1.77. The van der Waals surface area contributed by atoms with Crippen molar-refractivity contribution in [3.63, 3.8) is 0 Å². The number of rotatable bonds is 4. The lowest BCUT2D eigenvalue weighted by atomic mass is 10.1. The molecule has 0 unspecified atom stereocenters. The van der Waals surface area contributed by atoms with Gasteiger partial charge in [0.2, 0.25) is 0 Å². The summed E-state index contributed by atoms with van der Waals surface area (Å²) >= 11 is 0. The average Bonchev–Trinajstić information content (AvgIpc) is 2.42. The van der Waals surface area contributed by atoms with Crippen molar-refractivity contribution in [2.75, 3.05) is 0 Å². The Labute approximate surface area is 111 Å². The maximum Gasteiger partial charge on any atom is 0.129 e. The molecule has 1 N–H and O–H groups in total. The third-order valence-electron chi connectivity index (χ3n) is 2.96. The molecule has 0 radical (unpaired) electrons. The molecule has 0 amide bonds. The summed E-state index contributed by atoms with van der Waals surface area (Å²) in [5.74, 6) is -0.352. The summed E-state index contributed by atoms with van der Waals surface area (Å²) in [5, 5.41) is 11.8. The Morgan fingerprint density at radius 1 is 1.26 bits per heavy atom. The minimum absolute atomic E-state index is 0.337. The first-order valence-corrected chi connectivity index (χ1v) is 5.99. The van der Waals surface area contributed by atoms with Gasteiger partial charge in [0.15, 0.2) is 0 Å². The van der Waals surface area contributed by atoms with Crippen LogP contribution >= 0.6 is 0 Å². The Morgan fingerprint density at radius 3 is 2.74 bits per heavy atom. The quantitative estimate of drug-likeness (QED) is 0.913. The first-order valence-electron chi connectivity index (χ1n) is 5.99. The fraction of sp³-hybridized carbons (Fsp3) is 0.200. The molecule has 96 valence electrons. The van der Waals surface area contributed by atoms with Gasteiger partial charge in [-0.2, -0.15) is 5.26 Å². The van der Waals surface area contributed by atoms with Crippen molar-refractivity contribution in [1.29, 1.82) is 5.26 Å². The van der Waals surface area contributed by atoms with Gasteiger partial charge in [-0.05, 0) is 36.2 Å². The maximum atomic E-state index is 13.6. The van der Waals surface area contributed by atoms with Gasteiger partial charge in [0.05, 0.1) is 11.6 Å². The molecule has 4 heteroatoms. The van der Waals surface area contributed by atoms with Gasteiger partial charge in [-0.1, -0.05) is 6.07 Å². The second-order valence-electron chi connectivity index (χ2n) is 4.32. The number of nitrogens with zero attached hydrogens (tertiary/aromatic N) is 2. The molecule has 1 aromatic heterocycles. The van der Waals surface area contributed by atoms with E-state index in [-0.39, 0.29) is 5.82 Å². The number of hydrogen-bond donors (Lipinski definition) is 1. The minimum atomic E-state index is -0.352. The lowest BCUT2D eigenvalue weighted by molar-refractivity contribution is 0.587. The van der Waals surface area contributed by atoms with Crippen LogP contribution in [0, 0.1) is 24.1 Å². The molecule has 3 nitrogen and oxygen atoms in total. The van der Waals surface area contributed by atoms with Gasteiger partial charge in [0, 0.05) is 31.0 Å². The summed E-state index contributed by atoms with van der Waals surface area (Å²) in [6.45, 7) is 3.08. The third-order valence-corrected chi connectivity index (χ3v) is 2.96. The van der Waals surface area contributed by atoms with Crippen LogP contribution < -0.4 is 5.32 Å². The van der Waals surface area contributed by atoms with E-state index in [1.165, 1.54) is 6.07 Å². The van der Waals surface area contributed by atoms with Crippen molar-refractivity contribution in [1.82, 2.24) is 10.3 Å². The van der Waals surface area contributed by atoms with E-state index in [0.717, 1.165) is 11.1 Å². The molecule has 0 aliphatic heterocycles. The van der Waals surface area contributed by atoms with Crippen LogP contribution in [-0.2, 0) is 13.1 Å². The molecule has 0 saturated heterocycles. The molecule has 0 spiro atoms. The predicted octanol–water partition coefficient (Wildman–Crippen LogP) is 2.69. The number of aryl methyl sites for hydroxylation is 1. The van der Waals surface area contributed by atoms with Gasteiger partial charge in [0.1, 0.15) is 5.82 Å². The molecule has 2 aromatic rings. The third kappa shape index (κ3) is 3.36. The highest BCUT2D eigenvalue weighted by molar-refractivity contribution is 5.32. The topological polar surface area (TPSA) is 48.7 Å². The van der Waals surface area contributed by atoms with Gasteiger partial charge < -0.3 is 5.32 Å². The van der Waals surface area contributed by atoms with Crippen LogP contribution in [0.15, 0.2) is 36.7 Å². The lowest BCUT2D eigenvalue weighted by Gasteiger charge is -2.08. The summed E-state index contributed by atoms with van der Waals surface area (Å²) in [5.41, 5.74) is 3.14. The molecular formula is C15H14FN3. The van der Waals surface area contributed by atoms with Crippen LogP contribution in [0.1, 0.15) is 22.3 Å². The van der Waals surface area contributed by atoms with Crippen molar-refractivity contribution in [3.8, 4) is 6.07 Å². The molecule has 19 heavy (non-hydrogen) atoms. The van der Waals surface area contributed by atoms with Crippen molar-refractivity contribution in [2.45, 2.75) is 20.0 Å². The van der Waals surface area contributed by atoms with Gasteiger partial charge in [-0.15, -0.1) is 0 Å². The first-order chi connectivity index (χ1) is 9.20. The molecular weight excluding hydrogens is 241 g/mol. The number of pyridine rings is 1. The number of nitriles is 1. The molecule has 2 rings (SSSR count). The van der Waals surface area contributed by atoms with E-state index in [2.05, 4.69) is 10.3 Å². The SMILES string of the molecule is Cc1ccncc1CNCc1ccc(C#N)cc1F. The Kier molecular flexibility index (Phi) is 4.22. The zero-order valence-corrected chi connectivity index (χ0v) is 10.7. The van der Waals surface area contributed by atoms with Crippen molar-refractivity contribution < 1.29 is 4.39 Å². The zero-order valence-electron chi connectivity index (χ0n) is 10.7. The largest absolute Gasteiger partial charge is 0.308 e. The summed E-state index contributed by atoms with van der Waals surface area (Å²) in [6.07, 6.45) is 3.55. The highest BCUT2D eigenvalue weighted by atomic mass is 19.1. The van der Waals surface area contributed by atoms with E-state index >= 15 is 0 Å². The Hall–Kier alpha value is -2.25. The summed E-state index contributed by atoms with van der Waals surface area (Å²) in [4.78, 5) is 4.06. The summed E-state index contributed by atoms with van der Waals surface area (Å²) in [6, 6.07) is 8.37. The van der Waals surface area contributed by atoms with Crippen LogP contribution in [0.5, 0.6) is 0 Å². The number of nitrogens with one attached hydrogen (secondary N) is 1. The lowest BCUT2D eigenvalue weighted by Crippen LogP contribution is -2.14. The maximum absolute atomic E-state index is 13.6. The number of halogens is 1. The molecule has 0 atom stereocenters. The normalized spacial score (nSPS) is 10.2. The zero-order chi connectivity index (χ0) is 13.7. The van der Waals surface area contributed by atoms with E-state index < -0.39 is 0 Å². The van der Waals surface area contributed by atoms with E-state index in [1.807, 2.05) is 19.1 Å². The Bertz CT molecular complexity index is 617. The predicted molar refractivity (Wildman–Crippen MR) is 70.6 cm³/mol. The summed E-state index contributed by atoms with van der Waals surface area (Å²) < 4.78 is 13.6. The van der Waals surface area contributed by atoms with Crippen LogP contribution in [-0.4, -0.2) is 4.98 Å². The molecule has 0 bridgehead atoms. The molecule has 0 fully saturated rings. The van der Waals surface area contributed by atoms with Crippen LogP contribution in [0.4, 0.5) is 4.39 Å². The van der Waals surface area contributed by atoms with Crippen molar-refractivity contribution in [2.24, 2.45) is 0 Å². The van der Waals surface area contributed by atoms with Gasteiger partial charge in [-0.25, -0.2) is 4.39 Å². The smallest absolute Gasteiger partial charge is 0.129 e. The van der Waals surface area contributed by atoms with Gasteiger partial charge in [-0.3, -0.25) is 4.98 Å². The average molecular weight is 255 g/mol. The molecule has 0 aliphatic rings. The highest BCUT2D eigenvalue weighted by Crippen LogP contribution is 2.10. The number of aromatic nitrogens is 1. The van der Waals surface area contributed by atoms with Crippen LogP contribution in [0.2, 0.25) is 0 Å². The number of benzene rings is 1. The standard InChI is InChI=1S/C15H14FN3/c1-11-4-5-18-9-14(11)10-19-8-13-3-2-12(7-17)6-15(13)16/h2-6,9,19H,8,10H2,1H3. The van der Waals surface area contributed by atoms with Crippen molar-refractivity contribution >= 4 is 0 Å². The Morgan fingerprint density at radius 2 is 2.05 bits per heavy atom. The monoisotopic (exact) mass is 255 g/mol. The Balaban J connectivity index is 1.97. The molecule has 1 aromatic carbocycles. The number of hydrogen-bond acceptors (Lipinski definition) is 3. The van der Waals surface area contributed by atoms with E-state index in [0.29, 0.717) is 24.2 Å². The first kappa shape index (κ1) is 13.2. The van der Waals surface area contributed by atoms with Crippen molar-refractivity contribution in [3.05, 3.63) is 64.7 Å².